The van der Waals surface area contributed by atoms with Gasteiger partial charge in [-0.3, -0.25) is 4.79 Å². The van der Waals surface area contributed by atoms with Crippen molar-refractivity contribution < 1.29 is 14.3 Å². The van der Waals surface area contributed by atoms with Gasteiger partial charge in [0, 0.05) is 19.6 Å². The van der Waals surface area contributed by atoms with E-state index in [2.05, 4.69) is 17.6 Å². The lowest BCUT2D eigenvalue weighted by atomic mass is 9.81. The first-order chi connectivity index (χ1) is 9.68. The first kappa shape index (κ1) is 15.7. The summed E-state index contributed by atoms with van der Waals surface area (Å²) in [6.45, 7) is 7.09. The molecule has 0 radical (unpaired) electrons. The smallest absolute Gasteiger partial charge is 0.222 e. The summed E-state index contributed by atoms with van der Waals surface area (Å²) >= 11 is 0. The zero-order valence-corrected chi connectivity index (χ0v) is 12.6. The van der Waals surface area contributed by atoms with E-state index in [9.17, 15) is 4.79 Å². The Hall–Kier alpha value is -0.650. The Balaban J connectivity index is 1.51. The molecule has 0 aromatic rings. The second-order valence-corrected chi connectivity index (χ2v) is 6.30. The number of amides is 1. The van der Waals surface area contributed by atoms with Gasteiger partial charge in [0.25, 0.3) is 0 Å². The van der Waals surface area contributed by atoms with Crippen LogP contribution < -0.4 is 10.6 Å². The summed E-state index contributed by atoms with van der Waals surface area (Å²) in [5.74, 6) is 0.0945. The summed E-state index contributed by atoms with van der Waals surface area (Å²) in [6, 6.07) is 0. The number of nitrogens with one attached hydrogen (secondary N) is 2. The molecule has 2 N–H and O–H groups in total. The van der Waals surface area contributed by atoms with E-state index in [1.807, 2.05) is 0 Å². The van der Waals surface area contributed by atoms with Crippen LogP contribution in [0.5, 0.6) is 0 Å². The van der Waals surface area contributed by atoms with Crippen molar-refractivity contribution in [2.24, 2.45) is 5.41 Å². The maximum Gasteiger partial charge on any atom is 0.222 e. The lowest BCUT2D eigenvalue weighted by Gasteiger charge is -2.34. The highest BCUT2D eigenvalue weighted by Gasteiger charge is 2.26. The Kier molecular flexibility index (Phi) is 6.26. The lowest BCUT2D eigenvalue weighted by Crippen LogP contribution is -2.43. The van der Waals surface area contributed by atoms with Crippen LogP contribution in [0.4, 0.5) is 0 Å². The fourth-order valence-electron chi connectivity index (χ4n) is 2.76. The minimum atomic E-state index is 0.0945. The maximum absolute atomic E-state index is 11.8. The monoisotopic (exact) mass is 284 g/mol. The van der Waals surface area contributed by atoms with Crippen LogP contribution in [0.2, 0.25) is 0 Å². The Morgan fingerprint density at radius 1 is 1.45 bits per heavy atom. The quantitative estimate of drug-likeness (QED) is 0.687. The molecule has 0 spiro atoms. The number of carbonyl (C=O) groups excluding carboxylic acids is 1. The van der Waals surface area contributed by atoms with E-state index in [0.717, 1.165) is 51.9 Å². The van der Waals surface area contributed by atoms with Gasteiger partial charge < -0.3 is 20.1 Å². The van der Waals surface area contributed by atoms with E-state index in [1.54, 1.807) is 0 Å². The van der Waals surface area contributed by atoms with E-state index < -0.39 is 0 Å². The summed E-state index contributed by atoms with van der Waals surface area (Å²) in [4.78, 5) is 11.8. The predicted molar refractivity (Wildman–Crippen MR) is 77.6 cm³/mol. The van der Waals surface area contributed by atoms with Gasteiger partial charge in [0.15, 0.2) is 0 Å². The van der Waals surface area contributed by atoms with E-state index in [0.29, 0.717) is 19.6 Å². The molecule has 0 aromatic carbocycles. The summed E-state index contributed by atoms with van der Waals surface area (Å²) in [6.07, 6.45) is 5.15. The number of hydrogen-bond acceptors (Lipinski definition) is 4. The molecule has 116 valence electrons. The van der Waals surface area contributed by atoms with Crippen molar-refractivity contribution in [3.8, 4) is 0 Å². The Morgan fingerprint density at radius 2 is 2.25 bits per heavy atom. The molecule has 1 atom stereocenters. The van der Waals surface area contributed by atoms with Crippen LogP contribution in [-0.4, -0.2) is 51.5 Å². The Bertz CT molecular complexity index is 297. The van der Waals surface area contributed by atoms with Crippen LogP contribution in [0.25, 0.3) is 0 Å². The molecular weight excluding hydrogens is 256 g/mol. The zero-order chi connectivity index (χ0) is 14.3. The van der Waals surface area contributed by atoms with Crippen LogP contribution in [0.15, 0.2) is 0 Å². The van der Waals surface area contributed by atoms with Crippen molar-refractivity contribution in [2.45, 2.75) is 45.1 Å². The topological polar surface area (TPSA) is 59.6 Å². The highest BCUT2D eigenvalue weighted by molar-refractivity contribution is 5.75. The molecule has 2 heterocycles. The van der Waals surface area contributed by atoms with Gasteiger partial charge in [-0.05, 0) is 44.2 Å². The highest BCUT2D eigenvalue weighted by atomic mass is 16.5. The average Bonchev–Trinajstić information content (AvgIpc) is 2.96. The molecule has 2 saturated heterocycles. The molecule has 1 unspecified atom stereocenters. The second kappa shape index (κ2) is 7.96. The SMILES string of the molecule is CC1(CNC(=O)CCOCC2CCCO2)CCNCC1. The second-order valence-electron chi connectivity index (χ2n) is 6.30. The lowest BCUT2D eigenvalue weighted by molar-refractivity contribution is -0.123. The fourth-order valence-corrected chi connectivity index (χ4v) is 2.76. The van der Waals surface area contributed by atoms with Crippen LogP contribution in [0, 0.1) is 5.41 Å². The number of hydrogen-bond donors (Lipinski definition) is 2. The summed E-state index contributed by atoms with van der Waals surface area (Å²) in [5.41, 5.74) is 0.249. The van der Waals surface area contributed by atoms with Crippen molar-refractivity contribution in [1.82, 2.24) is 10.6 Å². The van der Waals surface area contributed by atoms with E-state index in [4.69, 9.17) is 9.47 Å². The fraction of sp³-hybridized carbons (Fsp3) is 0.933. The minimum Gasteiger partial charge on any atom is -0.378 e. The molecule has 0 saturated carbocycles. The summed E-state index contributed by atoms with van der Waals surface area (Å²) in [5, 5.41) is 6.39. The molecule has 1 amide bonds. The van der Waals surface area contributed by atoms with Gasteiger partial charge in [0.1, 0.15) is 0 Å². The summed E-state index contributed by atoms with van der Waals surface area (Å²) < 4.78 is 11.0. The van der Waals surface area contributed by atoms with Crippen molar-refractivity contribution in [1.29, 1.82) is 0 Å². The zero-order valence-electron chi connectivity index (χ0n) is 12.6. The average molecular weight is 284 g/mol. The third kappa shape index (κ3) is 5.38. The highest BCUT2D eigenvalue weighted by Crippen LogP contribution is 2.26. The Morgan fingerprint density at radius 3 is 2.95 bits per heavy atom. The maximum atomic E-state index is 11.8. The van der Waals surface area contributed by atoms with Crippen LogP contribution in [-0.2, 0) is 14.3 Å². The van der Waals surface area contributed by atoms with Gasteiger partial charge in [-0.25, -0.2) is 0 Å². The van der Waals surface area contributed by atoms with Gasteiger partial charge in [0.05, 0.1) is 19.3 Å². The first-order valence-corrected chi connectivity index (χ1v) is 7.85. The molecule has 0 aromatic heterocycles. The molecule has 2 fully saturated rings. The van der Waals surface area contributed by atoms with Gasteiger partial charge in [-0.1, -0.05) is 6.92 Å². The first-order valence-electron chi connectivity index (χ1n) is 7.85. The molecule has 2 rings (SSSR count). The largest absolute Gasteiger partial charge is 0.378 e. The van der Waals surface area contributed by atoms with Gasteiger partial charge in [-0.15, -0.1) is 0 Å². The number of rotatable bonds is 7. The normalized spacial score (nSPS) is 25.6. The minimum absolute atomic E-state index is 0.0945. The third-order valence-electron chi connectivity index (χ3n) is 4.32. The molecule has 5 nitrogen and oxygen atoms in total. The number of ether oxygens (including phenoxy) is 2. The van der Waals surface area contributed by atoms with E-state index >= 15 is 0 Å². The molecule has 2 aliphatic rings. The van der Waals surface area contributed by atoms with Crippen molar-refractivity contribution >= 4 is 5.91 Å². The summed E-state index contributed by atoms with van der Waals surface area (Å²) in [7, 11) is 0. The Labute approximate surface area is 121 Å². The van der Waals surface area contributed by atoms with E-state index in [-0.39, 0.29) is 17.4 Å². The third-order valence-corrected chi connectivity index (χ3v) is 4.32. The standard InChI is InChI=1S/C15H28N2O3/c1-15(5-7-16-8-6-15)12-17-14(18)4-10-19-11-13-3-2-9-20-13/h13,16H,2-12H2,1H3,(H,17,18). The number of carbonyl (C=O) groups is 1. The van der Waals surface area contributed by atoms with Crippen molar-refractivity contribution in [3.05, 3.63) is 0 Å². The molecule has 5 heteroatoms. The molecular formula is C15H28N2O3. The van der Waals surface area contributed by atoms with Gasteiger partial charge in [0.2, 0.25) is 5.91 Å². The van der Waals surface area contributed by atoms with Gasteiger partial charge in [-0.2, -0.15) is 0 Å². The molecule has 0 aliphatic carbocycles. The van der Waals surface area contributed by atoms with Crippen LogP contribution in [0.1, 0.15) is 39.0 Å². The van der Waals surface area contributed by atoms with Crippen LogP contribution >= 0.6 is 0 Å². The number of piperidine rings is 1. The van der Waals surface area contributed by atoms with E-state index in [1.165, 1.54) is 0 Å². The molecule has 2 aliphatic heterocycles. The van der Waals surface area contributed by atoms with Crippen molar-refractivity contribution in [2.75, 3.05) is 39.5 Å². The molecule has 0 bridgehead atoms. The van der Waals surface area contributed by atoms with Crippen LogP contribution in [0.3, 0.4) is 0 Å². The predicted octanol–water partition coefficient (Wildman–Crippen LogP) is 1.08. The van der Waals surface area contributed by atoms with Gasteiger partial charge >= 0.3 is 0 Å². The van der Waals surface area contributed by atoms with Crippen molar-refractivity contribution in [3.63, 3.8) is 0 Å². The molecule has 20 heavy (non-hydrogen) atoms.